The first-order valence-electron chi connectivity index (χ1n) is 5.04. The second kappa shape index (κ2) is 4.81. The number of halogens is 1. The van der Waals surface area contributed by atoms with Crippen LogP contribution in [-0.4, -0.2) is 36.9 Å². The molecule has 1 unspecified atom stereocenters. The van der Waals surface area contributed by atoms with E-state index in [0.29, 0.717) is 12.5 Å². The van der Waals surface area contributed by atoms with Gasteiger partial charge < -0.3 is 0 Å². The molecule has 1 aliphatic heterocycles. The molecule has 0 amide bonds. The lowest BCUT2D eigenvalue weighted by atomic mass is 10.0. The minimum Gasteiger partial charge on any atom is -0.212 e. The van der Waals surface area contributed by atoms with E-state index in [9.17, 15) is 8.42 Å². The standard InChI is InChI=1S/C9H18ClNO2S/c1-8(2)9-4-3-6-11(9)14(12,13)7-5-10/h8-9H,3-7H2,1-2H3. The summed E-state index contributed by atoms with van der Waals surface area (Å²) < 4.78 is 25.2. The van der Waals surface area contributed by atoms with Crippen molar-refractivity contribution < 1.29 is 8.42 Å². The van der Waals surface area contributed by atoms with Crippen LogP contribution in [0.2, 0.25) is 0 Å². The Bertz CT molecular complexity index is 277. The highest BCUT2D eigenvalue weighted by Gasteiger charge is 2.35. The van der Waals surface area contributed by atoms with E-state index >= 15 is 0 Å². The molecule has 0 spiro atoms. The summed E-state index contributed by atoms with van der Waals surface area (Å²) in [4.78, 5) is 0. The molecule has 0 saturated carbocycles. The van der Waals surface area contributed by atoms with Crippen LogP contribution in [0, 0.1) is 5.92 Å². The van der Waals surface area contributed by atoms with Gasteiger partial charge in [0.1, 0.15) is 0 Å². The van der Waals surface area contributed by atoms with Gasteiger partial charge in [-0.2, -0.15) is 4.31 Å². The van der Waals surface area contributed by atoms with Crippen molar-refractivity contribution in [3.8, 4) is 0 Å². The van der Waals surface area contributed by atoms with Crippen LogP contribution in [-0.2, 0) is 10.0 Å². The quantitative estimate of drug-likeness (QED) is 0.700. The lowest BCUT2D eigenvalue weighted by molar-refractivity contribution is 0.316. The molecule has 3 nitrogen and oxygen atoms in total. The molecule has 1 fully saturated rings. The molecule has 1 atom stereocenters. The monoisotopic (exact) mass is 239 g/mol. The average Bonchev–Trinajstić information content (AvgIpc) is 2.51. The van der Waals surface area contributed by atoms with Crippen LogP contribution in [0.1, 0.15) is 26.7 Å². The van der Waals surface area contributed by atoms with Crippen molar-refractivity contribution in [1.82, 2.24) is 4.31 Å². The molecular formula is C9H18ClNO2S. The molecule has 1 rings (SSSR count). The van der Waals surface area contributed by atoms with Gasteiger partial charge in [0.2, 0.25) is 10.0 Å². The fourth-order valence-electron chi connectivity index (χ4n) is 1.99. The lowest BCUT2D eigenvalue weighted by Gasteiger charge is -2.26. The van der Waals surface area contributed by atoms with Gasteiger partial charge in [-0.05, 0) is 18.8 Å². The fourth-order valence-corrected chi connectivity index (χ4v) is 4.18. The van der Waals surface area contributed by atoms with Crippen LogP contribution in [0.3, 0.4) is 0 Å². The first kappa shape index (κ1) is 12.3. The summed E-state index contributed by atoms with van der Waals surface area (Å²) in [5.41, 5.74) is 0. The van der Waals surface area contributed by atoms with Crippen LogP contribution >= 0.6 is 11.6 Å². The maximum atomic E-state index is 11.8. The largest absolute Gasteiger partial charge is 0.215 e. The zero-order valence-electron chi connectivity index (χ0n) is 8.74. The van der Waals surface area contributed by atoms with Crippen LogP contribution < -0.4 is 0 Å². The lowest BCUT2D eigenvalue weighted by Crippen LogP contribution is -2.40. The number of alkyl halides is 1. The topological polar surface area (TPSA) is 37.4 Å². The van der Waals surface area contributed by atoms with Crippen LogP contribution in [0.5, 0.6) is 0 Å². The molecule has 0 bridgehead atoms. The Morgan fingerprint density at radius 2 is 2.14 bits per heavy atom. The number of rotatable bonds is 4. The van der Waals surface area contributed by atoms with Crippen molar-refractivity contribution in [3.63, 3.8) is 0 Å². The van der Waals surface area contributed by atoms with Crippen LogP contribution in [0.25, 0.3) is 0 Å². The van der Waals surface area contributed by atoms with Crippen molar-refractivity contribution in [2.75, 3.05) is 18.2 Å². The minimum atomic E-state index is -3.10. The zero-order chi connectivity index (χ0) is 10.8. The zero-order valence-corrected chi connectivity index (χ0v) is 10.3. The van der Waals surface area contributed by atoms with E-state index in [1.807, 2.05) is 0 Å². The average molecular weight is 240 g/mol. The van der Waals surface area contributed by atoms with Crippen molar-refractivity contribution in [2.24, 2.45) is 5.92 Å². The summed E-state index contributed by atoms with van der Waals surface area (Å²) >= 11 is 5.49. The Hall–Kier alpha value is 0.200. The molecule has 1 heterocycles. The van der Waals surface area contributed by atoms with E-state index in [2.05, 4.69) is 13.8 Å². The smallest absolute Gasteiger partial charge is 0.212 e. The summed E-state index contributed by atoms with van der Waals surface area (Å²) in [7, 11) is -3.10. The van der Waals surface area contributed by atoms with E-state index in [1.165, 1.54) is 0 Å². The minimum absolute atomic E-state index is 0.0672. The molecule has 0 aromatic carbocycles. The Labute approximate surface area is 91.5 Å². The molecule has 1 saturated heterocycles. The maximum Gasteiger partial charge on any atom is 0.215 e. The van der Waals surface area contributed by atoms with Gasteiger partial charge in [-0.3, -0.25) is 0 Å². The number of hydrogen-bond acceptors (Lipinski definition) is 2. The molecule has 0 aromatic heterocycles. The van der Waals surface area contributed by atoms with Crippen LogP contribution in [0.15, 0.2) is 0 Å². The molecule has 0 aromatic rings. The summed E-state index contributed by atoms with van der Waals surface area (Å²) in [5, 5.41) is 0. The molecular weight excluding hydrogens is 222 g/mol. The summed E-state index contributed by atoms with van der Waals surface area (Å²) in [5.74, 6) is 0.643. The van der Waals surface area contributed by atoms with Gasteiger partial charge in [0.25, 0.3) is 0 Å². The van der Waals surface area contributed by atoms with E-state index in [4.69, 9.17) is 11.6 Å². The third kappa shape index (κ3) is 2.61. The maximum absolute atomic E-state index is 11.8. The van der Waals surface area contributed by atoms with Crippen molar-refractivity contribution in [2.45, 2.75) is 32.7 Å². The first-order valence-corrected chi connectivity index (χ1v) is 7.19. The Balaban J connectivity index is 2.76. The molecule has 0 N–H and O–H groups in total. The predicted octanol–water partition coefficient (Wildman–Crippen LogP) is 1.68. The van der Waals surface area contributed by atoms with Crippen LogP contribution in [0.4, 0.5) is 0 Å². The summed E-state index contributed by atoms with van der Waals surface area (Å²) in [6.07, 6.45) is 1.96. The van der Waals surface area contributed by atoms with E-state index < -0.39 is 10.0 Å². The Kier molecular flexibility index (Phi) is 4.22. The fraction of sp³-hybridized carbons (Fsp3) is 1.00. The number of sulfonamides is 1. The van der Waals surface area contributed by atoms with E-state index in [0.717, 1.165) is 12.8 Å². The third-order valence-electron chi connectivity index (χ3n) is 2.71. The van der Waals surface area contributed by atoms with Gasteiger partial charge in [-0.15, -0.1) is 11.6 Å². The third-order valence-corrected chi connectivity index (χ3v) is 5.01. The molecule has 84 valence electrons. The highest BCUT2D eigenvalue weighted by Crippen LogP contribution is 2.26. The van der Waals surface area contributed by atoms with Gasteiger partial charge in [0.05, 0.1) is 5.75 Å². The van der Waals surface area contributed by atoms with Gasteiger partial charge in [0.15, 0.2) is 0 Å². The molecule has 1 aliphatic rings. The second-order valence-corrected chi connectivity index (χ2v) is 6.49. The predicted molar refractivity (Wildman–Crippen MR) is 59.1 cm³/mol. The Morgan fingerprint density at radius 3 is 2.64 bits per heavy atom. The highest BCUT2D eigenvalue weighted by atomic mass is 35.5. The van der Waals surface area contributed by atoms with Crippen molar-refractivity contribution in [1.29, 1.82) is 0 Å². The molecule has 0 radical (unpaired) electrons. The highest BCUT2D eigenvalue weighted by molar-refractivity contribution is 7.89. The van der Waals surface area contributed by atoms with E-state index in [1.54, 1.807) is 4.31 Å². The first-order chi connectivity index (χ1) is 6.49. The number of hydrogen-bond donors (Lipinski definition) is 0. The van der Waals surface area contributed by atoms with Crippen molar-refractivity contribution in [3.05, 3.63) is 0 Å². The second-order valence-electron chi connectivity index (χ2n) is 4.07. The normalized spacial score (nSPS) is 24.7. The summed E-state index contributed by atoms with van der Waals surface area (Å²) in [6.45, 7) is 4.81. The number of nitrogens with zero attached hydrogens (tertiary/aromatic N) is 1. The van der Waals surface area contributed by atoms with Gasteiger partial charge in [0, 0.05) is 18.5 Å². The van der Waals surface area contributed by atoms with Gasteiger partial charge in [-0.1, -0.05) is 13.8 Å². The van der Waals surface area contributed by atoms with Gasteiger partial charge in [-0.25, -0.2) is 8.42 Å². The van der Waals surface area contributed by atoms with Gasteiger partial charge >= 0.3 is 0 Å². The molecule has 5 heteroatoms. The molecule has 14 heavy (non-hydrogen) atoms. The summed E-state index contributed by atoms with van der Waals surface area (Å²) in [6, 6.07) is 0.184. The SMILES string of the molecule is CC(C)C1CCCN1S(=O)(=O)CCCl. The van der Waals surface area contributed by atoms with E-state index in [-0.39, 0.29) is 17.7 Å². The molecule has 0 aliphatic carbocycles. The Morgan fingerprint density at radius 1 is 1.50 bits per heavy atom. The van der Waals surface area contributed by atoms with Crippen molar-refractivity contribution >= 4 is 21.6 Å².